The van der Waals surface area contributed by atoms with Gasteiger partial charge in [-0.25, -0.2) is 4.39 Å². The predicted octanol–water partition coefficient (Wildman–Crippen LogP) is 1.96. The minimum Gasteiger partial charge on any atom is -0.481 e. The lowest BCUT2D eigenvalue weighted by Gasteiger charge is -2.19. The van der Waals surface area contributed by atoms with Crippen LogP contribution in [0.5, 0.6) is 5.75 Å². The number of carbonyl (C=O) groups is 2. The van der Waals surface area contributed by atoms with Crippen LogP contribution < -0.4 is 10.1 Å². The van der Waals surface area contributed by atoms with E-state index in [1.165, 1.54) is 18.2 Å². The van der Waals surface area contributed by atoms with Crippen molar-refractivity contribution in [3.8, 4) is 5.75 Å². The van der Waals surface area contributed by atoms with Crippen LogP contribution in [0.1, 0.15) is 26.2 Å². The number of nitrogens with one attached hydrogen (secondary N) is 1. The Balaban J connectivity index is 1.93. The second-order valence-corrected chi connectivity index (χ2v) is 5.25. The molecular formula is C15H18FNO4. The number of benzene rings is 1. The van der Waals surface area contributed by atoms with E-state index in [0.717, 1.165) is 0 Å². The number of halogens is 1. The van der Waals surface area contributed by atoms with E-state index in [4.69, 9.17) is 9.84 Å². The minimum atomic E-state index is -0.897. The molecule has 5 nitrogen and oxygen atoms in total. The van der Waals surface area contributed by atoms with Crippen LogP contribution in [0.3, 0.4) is 0 Å². The Bertz CT molecular complexity index is 542. The smallest absolute Gasteiger partial charge is 0.311 e. The molecule has 1 amide bonds. The van der Waals surface area contributed by atoms with Crippen LogP contribution in [0.4, 0.5) is 4.39 Å². The third-order valence-electron chi connectivity index (χ3n) is 3.68. The molecule has 2 rings (SSSR count). The van der Waals surface area contributed by atoms with Gasteiger partial charge in [-0.1, -0.05) is 19.1 Å². The molecule has 2 N–H and O–H groups in total. The van der Waals surface area contributed by atoms with E-state index in [1.807, 2.05) is 0 Å². The molecule has 0 aromatic heterocycles. The number of aliphatic carboxylic acids is 1. The van der Waals surface area contributed by atoms with Crippen molar-refractivity contribution in [2.45, 2.75) is 32.3 Å². The fourth-order valence-corrected chi connectivity index (χ4v) is 2.00. The summed E-state index contributed by atoms with van der Waals surface area (Å²) in [5.41, 5.74) is -0.827. The van der Waals surface area contributed by atoms with Gasteiger partial charge in [0.15, 0.2) is 17.7 Å². The lowest BCUT2D eigenvalue weighted by molar-refractivity contribution is -0.143. The molecule has 1 aromatic rings. The van der Waals surface area contributed by atoms with E-state index in [0.29, 0.717) is 19.3 Å². The van der Waals surface area contributed by atoms with Crippen LogP contribution in [0.25, 0.3) is 0 Å². The molecule has 21 heavy (non-hydrogen) atoms. The first kappa shape index (κ1) is 15.3. The van der Waals surface area contributed by atoms with E-state index < -0.39 is 29.2 Å². The second-order valence-electron chi connectivity index (χ2n) is 5.25. The summed E-state index contributed by atoms with van der Waals surface area (Å²) in [6.45, 7) is 1.83. The Labute approximate surface area is 122 Å². The molecular weight excluding hydrogens is 277 g/mol. The molecule has 0 saturated heterocycles. The maximum atomic E-state index is 13.5. The third-order valence-corrected chi connectivity index (χ3v) is 3.68. The number of para-hydroxylation sites is 1. The van der Waals surface area contributed by atoms with Gasteiger partial charge >= 0.3 is 5.97 Å². The van der Waals surface area contributed by atoms with Crippen LogP contribution >= 0.6 is 0 Å². The predicted molar refractivity (Wildman–Crippen MR) is 73.4 cm³/mol. The van der Waals surface area contributed by atoms with Gasteiger partial charge in [-0.2, -0.15) is 0 Å². The largest absolute Gasteiger partial charge is 0.481 e. The Kier molecular flexibility index (Phi) is 4.45. The fraction of sp³-hybridized carbons (Fsp3) is 0.467. The third kappa shape index (κ3) is 3.51. The summed E-state index contributed by atoms with van der Waals surface area (Å²) < 4.78 is 18.9. The fourth-order valence-electron chi connectivity index (χ4n) is 2.00. The molecule has 0 heterocycles. The molecule has 1 fully saturated rings. The van der Waals surface area contributed by atoms with E-state index in [1.54, 1.807) is 13.0 Å². The zero-order valence-electron chi connectivity index (χ0n) is 11.8. The average molecular weight is 295 g/mol. The number of carbonyl (C=O) groups excluding carboxylic acids is 1. The van der Waals surface area contributed by atoms with Crippen molar-refractivity contribution in [1.82, 2.24) is 5.32 Å². The number of hydrogen-bond acceptors (Lipinski definition) is 3. The average Bonchev–Trinajstić information content (AvgIpc) is 3.25. The maximum absolute atomic E-state index is 13.5. The minimum absolute atomic E-state index is 0.0128. The standard InChI is InChI=1S/C15H18FNO4/c1-2-11(21-12-6-4-3-5-10(12)16)13(18)17-9-15(7-8-15)14(19)20/h3-6,11H,2,7-9H2,1H3,(H,17,18)(H,19,20). The molecule has 1 atom stereocenters. The molecule has 114 valence electrons. The highest BCUT2D eigenvalue weighted by Gasteiger charge is 2.50. The molecule has 1 aliphatic carbocycles. The number of carboxylic acid groups (broad SMARTS) is 1. The lowest BCUT2D eigenvalue weighted by atomic mass is 10.1. The molecule has 6 heteroatoms. The van der Waals surface area contributed by atoms with Crippen molar-refractivity contribution >= 4 is 11.9 Å². The van der Waals surface area contributed by atoms with Crippen LogP contribution in [-0.4, -0.2) is 29.6 Å². The summed E-state index contributed by atoms with van der Waals surface area (Å²) in [4.78, 5) is 23.1. The van der Waals surface area contributed by atoms with Crippen molar-refractivity contribution in [1.29, 1.82) is 0 Å². The van der Waals surface area contributed by atoms with Crippen molar-refractivity contribution < 1.29 is 23.8 Å². The molecule has 1 saturated carbocycles. The first-order valence-corrected chi connectivity index (χ1v) is 6.91. The van der Waals surface area contributed by atoms with E-state index >= 15 is 0 Å². The Hall–Kier alpha value is -2.11. The Morgan fingerprint density at radius 3 is 2.62 bits per heavy atom. The van der Waals surface area contributed by atoms with Gasteiger partial charge in [-0.3, -0.25) is 9.59 Å². The number of ether oxygens (including phenoxy) is 1. The zero-order valence-corrected chi connectivity index (χ0v) is 11.8. The SMILES string of the molecule is CCC(Oc1ccccc1F)C(=O)NCC1(C(=O)O)CC1. The maximum Gasteiger partial charge on any atom is 0.311 e. The van der Waals surface area contributed by atoms with Crippen molar-refractivity contribution in [2.75, 3.05) is 6.54 Å². The number of hydrogen-bond donors (Lipinski definition) is 2. The van der Waals surface area contributed by atoms with Crippen LogP contribution in [0, 0.1) is 11.2 Å². The monoisotopic (exact) mass is 295 g/mol. The summed E-state index contributed by atoms with van der Waals surface area (Å²) in [6, 6.07) is 5.86. The van der Waals surface area contributed by atoms with Gasteiger partial charge in [0.25, 0.3) is 5.91 Å². The van der Waals surface area contributed by atoms with Crippen LogP contribution in [-0.2, 0) is 9.59 Å². The molecule has 0 aliphatic heterocycles. The van der Waals surface area contributed by atoms with Crippen molar-refractivity contribution in [3.63, 3.8) is 0 Å². The van der Waals surface area contributed by atoms with Gasteiger partial charge < -0.3 is 15.2 Å². The van der Waals surface area contributed by atoms with Gasteiger partial charge in [0.2, 0.25) is 0 Å². The lowest BCUT2D eigenvalue weighted by Crippen LogP contribution is -2.42. The number of carboxylic acids is 1. The van der Waals surface area contributed by atoms with E-state index in [2.05, 4.69) is 5.32 Å². The van der Waals surface area contributed by atoms with Gasteiger partial charge in [0.1, 0.15) is 0 Å². The Morgan fingerprint density at radius 2 is 2.10 bits per heavy atom. The zero-order chi connectivity index (χ0) is 15.5. The van der Waals surface area contributed by atoms with Gasteiger partial charge in [-0.05, 0) is 31.4 Å². The highest BCUT2D eigenvalue weighted by molar-refractivity contribution is 5.83. The summed E-state index contributed by atoms with van der Waals surface area (Å²) in [5, 5.41) is 11.6. The molecule has 1 aromatic carbocycles. The molecule has 1 aliphatic rings. The first-order valence-electron chi connectivity index (χ1n) is 6.91. The topological polar surface area (TPSA) is 75.6 Å². The normalized spacial score (nSPS) is 16.9. The molecule has 1 unspecified atom stereocenters. The number of rotatable bonds is 7. The highest BCUT2D eigenvalue weighted by atomic mass is 19.1. The molecule has 0 spiro atoms. The summed E-state index contributed by atoms with van der Waals surface area (Å²) in [6.07, 6.45) is 0.646. The van der Waals surface area contributed by atoms with Gasteiger partial charge in [-0.15, -0.1) is 0 Å². The van der Waals surface area contributed by atoms with Crippen LogP contribution in [0.2, 0.25) is 0 Å². The summed E-state index contributed by atoms with van der Waals surface area (Å²) >= 11 is 0. The van der Waals surface area contributed by atoms with Crippen molar-refractivity contribution in [3.05, 3.63) is 30.1 Å². The second kappa shape index (κ2) is 6.11. The van der Waals surface area contributed by atoms with Crippen LogP contribution in [0.15, 0.2) is 24.3 Å². The Morgan fingerprint density at radius 1 is 1.43 bits per heavy atom. The van der Waals surface area contributed by atoms with Crippen molar-refractivity contribution in [2.24, 2.45) is 5.41 Å². The summed E-state index contributed by atoms with van der Waals surface area (Å²) in [7, 11) is 0. The summed E-state index contributed by atoms with van der Waals surface area (Å²) in [5.74, 6) is -1.84. The molecule has 0 radical (unpaired) electrons. The first-order chi connectivity index (χ1) is 9.98. The quantitative estimate of drug-likeness (QED) is 0.806. The highest BCUT2D eigenvalue weighted by Crippen LogP contribution is 2.45. The van der Waals surface area contributed by atoms with Gasteiger partial charge in [0.05, 0.1) is 5.41 Å². The molecule has 0 bridgehead atoms. The van der Waals surface area contributed by atoms with Gasteiger partial charge in [0, 0.05) is 6.54 Å². The number of amides is 1. The van der Waals surface area contributed by atoms with E-state index in [-0.39, 0.29) is 12.3 Å². The van der Waals surface area contributed by atoms with E-state index in [9.17, 15) is 14.0 Å².